The van der Waals surface area contributed by atoms with Gasteiger partial charge in [-0.1, -0.05) is 13.8 Å². The highest BCUT2D eigenvalue weighted by Gasteiger charge is 2.31. The predicted octanol–water partition coefficient (Wildman–Crippen LogP) is -2.24. The second kappa shape index (κ2) is 12.4. The van der Waals surface area contributed by atoms with Crippen LogP contribution in [-0.2, 0) is 30.4 Å². The maximum absolute atomic E-state index is 12.8. The molecule has 32 heavy (non-hydrogen) atoms. The molecule has 0 aromatic carbocycles. The van der Waals surface area contributed by atoms with Crippen molar-refractivity contribution in [2.24, 2.45) is 17.4 Å². The molecule has 1 heterocycles. The number of nitrogens with one attached hydrogen (secondary N) is 4. The number of imidazole rings is 1. The topological polar surface area (TPSA) is 222 Å². The van der Waals surface area contributed by atoms with E-state index < -0.39 is 59.7 Å². The van der Waals surface area contributed by atoms with Crippen molar-refractivity contribution in [3.8, 4) is 0 Å². The Labute approximate surface area is 185 Å². The summed E-state index contributed by atoms with van der Waals surface area (Å²) in [5, 5.41) is 16.3. The molecular weight excluding hydrogens is 422 g/mol. The van der Waals surface area contributed by atoms with Crippen LogP contribution in [0.15, 0.2) is 12.5 Å². The third kappa shape index (κ3) is 8.71. The Balaban J connectivity index is 2.88. The number of amides is 4. The van der Waals surface area contributed by atoms with Crippen molar-refractivity contribution in [2.75, 3.05) is 0 Å². The zero-order chi connectivity index (χ0) is 24.4. The third-order valence-electron chi connectivity index (χ3n) is 4.62. The Kier molecular flexibility index (Phi) is 10.3. The lowest BCUT2D eigenvalue weighted by molar-refractivity contribution is -0.142. The van der Waals surface area contributed by atoms with Gasteiger partial charge in [0.2, 0.25) is 23.6 Å². The molecule has 4 amide bonds. The number of hydrogen-bond acceptors (Lipinski definition) is 7. The average Bonchev–Trinajstić information content (AvgIpc) is 3.21. The van der Waals surface area contributed by atoms with Crippen molar-refractivity contribution in [3.63, 3.8) is 0 Å². The highest BCUT2D eigenvalue weighted by atomic mass is 16.4. The van der Waals surface area contributed by atoms with Gasteiger partial charge < -0.3 is 37.5 Å². The number of H-pyrrole nitrogens is 1. The average molecular weight is 454 g/mol. The molecule has 13 heteroatoms. The van der Waals surface area contributed by atoms with E-state index in [4.69, 9.17) is 16.6 Å². The minimum Gasteiger partial charge on any atom is -0.480 e. The molecule has 4 unspecified atom stereocenters. The van der Waals surface area contributed by atoms with Gasteiger partial charge in [-0.15, -0.1) is 0 Å². The van der Waals surface area contributed by atoms with Gasteiger partial charge in [0.05, 0.1) is 12.4 Å². The number of carboxylic acid groups (broad SMARTS) is 1. The van der Waals surface area contributed by atoms with E-state index in [0.717, 1.165) is 0 Å². The van der Waals surface area contributed by atoms with Crippen LogP contribution in [0.1, 0.15) is 39.3 Å². The Morgan fingerprint density at radius 3 is 2.22 bits per heavy atom. The van der Waals surface area contributed by atoms with Crippen molar-refractivity contribution in [1.29, 1.82) is 0 Å². The zero-order valence-corrected chi connectivity index (χ0v) is 18.3. The van der Waals surface area contributed by atoms with Crippen LogP contribution < -0.4 is 27.4 Å². The lowest BCUT2D eigenvalue weighted by atomic mass is 10.0. The lowest BCUT2D eigenvalue weighted by Crippen LogP contribution is -2.58. The molecule has 0 spiro atoms. The van der Waals surface area contributed by atoms with E-state index in [1.807, 2.05) is 0 Å². The van der Waals surface area contributed by atoms with E-state index in [1.165, 1.54) is 19.4 Å². The standard InChI is InChI=1S/C19H31N7O6/c1-9(2)15(18(30)24-10(3)19(31)32)26-17(29)13(4-5-14(21)27)25-16(28)12(20)6-11-7-22-8-23-11/h7-10,12-13,15H,4-6,20H2,1-3H3,(H2,21,27)(H,22,23)(H,24,30)(H,25,28)(H,26,29)(H,31,32). The van der Waals surface area contributed by atoms with Gasteiger partial charge in [0.1, 0.15) is 18.1 Å². The van der Waals surface area contributed by atoms with Crippen molar-refractivity contribution in [2.45, 2.75) is 64.2 Å². The molecule has 0 aliphatic rings. The number of aromatic amines is 1. The minimum atomic E-state index is -1.23. The molecule has 9 N–H and O–H groups in total. The molecular formula is C19H31N7O6. The van der Waals surface area contributed by atoms with E-state index >= 15 is 0 Å². The number of carboxylic acids is 1. The van der Waals surface area contributed by atoms with Crippen LogP contribution in [0.2, 0.25) is 0 Å². The van der Waals surface area contributed by atoms with Crippen LogP contribution in [0.5, 0.6) is 0 Å². The molecule has 0 fully saturated rings. The normalized spacial score (nSPS) is 14.7. The summed E-state index contributed by atoms with van der Waals surface area (Å²) >= 11 is 0. The first kappa shape index (κ1) is 26.6. The molecule has 1 aromatic rings. The fourth-order valence-electron chi connectivity index (χ4n) is 2.71. The first-order chi connectivity index (χ1) is 14.9. The van der Waals surface area contributed by atoms with Gasteiger partial charge in [-0.05, 0) is 19.3 Å². The number of carbonyl (C=O) groups is 5. The quantitative estimate of drug-likeness (QED) is 0.172. The number of rotatable bonds is 13. The van der Waals surface area contributed by atoms with E-state index in [9.17, 15) is 24.0 Å². The highest BCUT2D eigenvalue weighted by Crippen LogP contribution is 2.06. The third-order valence-corrected chi connectivity index (χ3v) is 4.62. The molecule has 1 rings (SSSR count). The van der Waals surface area contributed by atoms with Crippen LogP contribution in [-0.4, -0.2) is 68.8 Å². The Hall–Kier alpha value is -3.48. The predicted molar refractivity (Wildman–Crippen MR) is 113 cm³/mol. The summed E-state index contributed by atoms with van der Waals surface area (Å²) in [5.41, 5.74) is 11.7. The lowest BCUT2D eigenvalue weighted by Gasteiger charge is -2.26. The van der Waals surface area contributed by atoms with Gasteiger partial charge in [-0.25, -0.2) is 4.98 Å². The summed E-state index contributed by atoms with van der Waals surface area (Å²) in [6.45, 7) is 4.61. The minimum absolute atomic E-state index is 0.109. The van der Waals surface area contributed by atoms with Crippen LogP contribution in [0.3, 0.4) is 0 Å². The Morgan fingerprint density at radius 2 is 1.72 bits per heavy atom. The summed E-state index contributed by atoms with van der Waals surface area (Å²) in [6, 6.07) is -4.42. The van der Waals surface area contributed by atoms with Crippen LogP contribution in [0.25, 0.3) is 0 Å². The van der Waals surface area contributed by atoms with Gasteiger partial charge in [0.25, 0.3) is 0 Å². The fraction of sp³-hybridized carbons (Fsp3) is 0.579. The van der Waals surface area contributed by atoms with Crippen molar-refractivity contribution in [1.82, 2.24) is 25.9 Å². The van der Waals surface area contributed by atoms with E-state index in [-0.39, 0.29) is 19.3 Å². The molecule has 0 saturated heterocycles. The molecule has 0 saturated carbocycles. The molecule has 4 atom stereocenters. The number of nitrogens with zero attached hydrogens (tertiary/aromatic N) is 1. The van der Waals surface area contributed by atoms with Crippen LogP contribution in [0.4, 0.5) is 0 Å². The van der Waals surface area contributed by atoms with E-state index in [2.05, 4.69) is 25.9 Å². The van der Waals surface area contributed by atoms with Gasteiger partial charge in [-0.3, -0.25) is 24.0 Å². The van der Waals surface area contributed by atoms with Crippen LogP contribution >= 0.6 is 0 Å². The first-order valence-corrected chi connectivity index (χ1v) is 10.1. The smallest absolute Gasteiger partial charge is 0.325 e. The van der Waals surface area contributed by atoms with Gasteiger partial charge in [0.15, 0.2) is 0 Å². The first-order valence-electron chi connectivity index (χ1n) is 10.1. The molecule has 1 aromatic heterocycles. The molecule has 0 radical (unpaired) electrons. The molecule has 0 aliphatic carbocycles. The summed E-state index contributed by atoms with van der Waals surface area (Å²) < 4.78 is 0. The van der Waals surface area contributed by atoms with Gasteiger partial charge in [-0.2, -0.15) is 0 Å². The summed E-state index contributed by atoms with van der Waals surface area (Å²) in [5.74, 6) is -4.37. The second-order valence-electron chi connectivity index (χ2n) is 7.75. The largest absolute Gasteiger partial charge is 0.480 e. The van der Waals surface area contributed by atoms with Gasteiger partial charge in [0, 0.05) is 24.7 Å². The molecule has 0 aliphatic heterocycles. The number of aromatic nitrogens is 2. The van der Waals surface area contributed by atoms with Gasteiger partial charge >= 0.3 is 5.97 Å². The Bertz CT molecular complexity index is 811. The summed E-state index contributed by atoms with van der Waals surface area (Å²) in [7, 11) is 0. The van der Waals surface area contributed by atoms with Crippen LogP contribution in [0, 0.1) is 5.92 Å². The highest BCUT2D eigenvalue weighted by molar-refractivity contribution is 5.94. The number of carbonyl (C=O) groups excluding carboxylic acids is 4. The van der Waals surface area contributed by atoms with Crippen molar-refractivity contribution < 1.29 is 29.1 Å². The maximum Gasteiger partial charge on any atom is 0.325 e. The molecule has 13 nitrogen and oxygen atoms in total. The zero-order valence-electron chi connectivity index (χ0n) is 18.3. The molecule has 178 valence electrons. The molecule has 0 bridgehead atoms. The maximum atomic E-state index is 12.8. The summed E-state index contributed by atoms with van der Waals surface area (Å²) in [4.78, 5) is 66.6. The Morgan fingerprint density at radius 1 is 1.06 bits per heavy atom. The number of primary amides is 1. The van der Waals surface area contributed by atoms with Crippen molar-refractivity contribution in [3.05, 3.63) is 18.2 Å². The SMILES string of the molecule is CC(NC(=O)C(NC(=O)C(CCC(N)=O)NC(=O)C(N)Cc1cnc[nH]1)C(C)C)C(=O)O. The number of aliphatic carboxylic acids is 1. The fourth-order valence-corrected chi connectivity index (χ4v) is 2.71. The van der Waals surface area contributed by atoms with E-state index in [1.54, 1.807) is 13.8 Å². The van der Waals surface area contributed by atoms with Crippen molar-refractivity contribution >= 4 is 29.6 Å². The summed E-state index contributed by atoms with van der Waals surface area (Å²) in [6.07, 6.45) is 2.78. The number of hydrogen-bond donors (Lipinski definition) is 7. The van der Waals surface area contributed by atoms with E-state index in [0.29, 0.717) is 5.69 Å². The monoisotopic (exact) mass is 453 g/mol. The number of nitrogens with two attached hydrogens (primary N) is 2. The second-order valence-corrected chi connectivity index (χ2v) is 7.75.